The molecule has 0 spiro atoms. The van der Waals surface area contributed by atoms with Crippen molar-refractivity contribution in [1.82, 2.24) is 0 Å². The smallest absolute Gasteiger partial charge is 0.294 e. The van der Waals surface area contributed by atoms with E-state index in [1.54, 1.807) is 0 Å². The number of aromatic hydroxyl groups is 1. The van der Waals surface area contributed by atoms with Gasteiger partial charge in [-0.25, -0.2) is 4.79 Å². The van der Waals surface area contributed by atoms with Gasteiger partial charge in [-0.3, -0.25) is 4.55 Å². The minimum absolute atomic E-state index is 0.118. The molecule has 2 N–H and O–H groups in total. The summed E-state index contributed by atoms with van der Waals surface area (Å²) in [6.07, 6.45) is 1.19. The van der Waals surface area contributed by atoms with Crippen LogP contribution in [0.1, 0.15) is 0 Å². The standard InChI is InChI=1S/C7H5NO5S/c9-4-8-6-2-1-5(3-7(6)10)14(11,12)13/h1-3,10H,(H,11,12,13). The van der Waals surface area contributed by atoms with Gasteiger partial charge in [0, 0.05) is 6.07 Å². The molecule has 14 heavy (non-hydrogen) atoms. The zero-order valence-electron chi connectivity index (χ0n) is 6.71. The van der Waals surface area contributed by atoms with Gasteiger partial charge in [0.25, 0.3) is 10.1 Å². The van der Waals surface area contributed by atoms with E-state index in [4.69, 9.17) is 9.66 Å². The summed E-state index contributed by atoms with van der Waals surface area (Å²) in [7, 11) is -4.36. The molecule has 0 heterocycles. The fourth-order valence-electron chi connectivity index (χ4n) is 0.807. The van der Waals surface area contributed by atoms with Gasteiger partial charge in [-0.05, 0) is 12.1 Å². The van der Waals surface area contributed by atoms with Crippen molar-refractivity contribution >= 4 is 21.9 Å². The molecule has 1 aromatic rings. The SMILES string of the molecule is O=C=Nc1ccc(S(=O)(=O)O)cc1O. The Kier molecular flexibility index (Phi) is 2.66. The molecule has 0 fully saturated rings. The number of rotatable bonds is 2. The van der Waals surface area contributed by atoms with E-state index in [0.717, 1.165) is 18.2 Å². The Balaban J connectivity index is 3.33. The predicted molar refractivity (Wildman–Crippen MR) is 45.7 cm³/mol. The second kappa shape index (κ2) is 3.59. The lowest BCUT2D eigenvalue weighted by Gasteiger charge is -1.99. The molecule has 0 aliphatic rings. The van der Waals surface area contributed by atoms with Crippen LogP contribution in [0, 0.1) is 0 Å². The fourth-order valence-corrected chi connectivity index (χ4v) is 1.31. The van der Waals surface area contributed by atoms with Gasteiger partial charge in [0.2, 0.25) is 6.08 Å². The van der Waals surface area contributed by atoms with Crippen LogP contribution in [0.15, 0.2) is 28.1 Å². The van der Waals surface area contributed by atoms with Crippen LogP contribution in [0.25, 0.3) is 0 Å². The third-order valence-corrected chi connectivity index (χ3v) is 2.26. The summed E-state index contributed by atoms with van der Waals surface area (Å²) in [5.41, 5.74) is -0.118. The third-order valence-electron chi connectivity index (χ3n) is 1.41. The van der Waals surface area contributed by atoms with Crippen molar-refractivity contribution in [2.24, 2.45) is 4.99 Å². The lowest BCUT2D eigenvalue weighted by Crippen LogP contribution is -1.96. The zero-order chi connectivity index (χ0) is 10.8. The van der Waals surface area contributed by atoms with Crippen LogP contribution in [0.4, 0.5) is 5.69 Å². The molecule has 7 heteroatoms. The lowest BCUT2D eigenvalue weighted by molar-refractivity contribution is 0.467. The van der Waals surface area contributed by atoms with Crippen LogP contribution < -0.4 is 0 Å². The van der Waals surface area contributed by atoms with Gasteiger partial charge >= 0.3 is 0 Å². The Labute approximate surface area is 79.3 Å². The molecule has 1 rings (SSSR count). The molecule has 0 aliphatic heterocycles. The van der Waals surface area contributed by atoms with Gasteiger partial charge < -0.3 is 5.11 Å². The number of isocyanates is 1. The van der Waals surface area contributed by atoms with Crippen molar-refractivity contribution in [3.63, 3.8) is 0 Å². The monoisotopic (exact) mass is 215 g/mol. The molecule has 6 nitrogen and oxygen atoms in total. The maximum Gasteiger partial charge on any atom is 0.294 e. The van der Waals surface area contributed by atoms with Crippen LogP contribution in [0.3, 0.4) is 0 Å². The first-order valence-corrected chi connectivity index (χ1v) is 4.77. The van der Waals surface area contributed by atoms with Crippen molar-refractivity contribution in [3.8, 4) is 5.75 Å². The lowest BCUT2D eigenvalue weighted by atomic mass is 10.3. The topological polar surface area (TPSA) is 104 Å². The Morgan fingerprint density at radius 2 is 2.00 bits per heavy atom. The molecule has 0 amide bonds. The normalized spacial score (nSPS) is 10.6. The van der Waals surface area contributed by atoms with Crippen molar-refractivity contribution in [2.45, 2.75) is 4.90 Å². The van der Waals surface area contributed by atoms with Gasteiger partial charge in [0.1, 0.15) is 11.4 Å². The summed E-state index contributed by atoms with van der Waals surface area (Å²) >= 11 is 0. The number of carbonyl (C=O) groups excluding carboxylic acids is 1. The molecular weight excluding hydrogens is 210 g/mol. The summed E-state index contributed by atoms with van der Waals surface area (Å²) < 4.78 is 29.8. The van der Waals surface area contributed by atoms with E-state index in [2.05, 4.69) is 4.99 Å². The van der Waals surface area contributed by atoms with E-state index in [1.807, 2.05) is 0 Å². The van der Waals surface area contributed by atoms with E-state index in [9.17, 15) is 13.2 Å². The molecule has 0 saturated carbocycles. The Hall–Kier alpha value is -1.69. The number of hydrogen-bond acceptors (Lipinski definition) is 5. The average molecular weight is 215 g/mol. The average Bonchev–Trinajstić information content (AvgIpc) is 2.07. The molecule has 0 atom stereocenters. The molecule has 0 radical (unpaired) electrons. The molecule has 1 aromatic carbocycles. The van der Waals surface area contributed by atoms with Gasteiger partial charge in [0.15, 0.2) is 0 Å². The third kappa shape index (κ3) is 2.17. The van der Waals surface area contributed by atoms with E-state index in [1.165, 1.54) is 6.08 Å². The Bertz CT molecular complexity index is 501. The van der Waals surface area contributed by atoms with Crippen LogP contribution in [0.2, 0.25) is 0 Å². The summed E-state index contributed by atoms with van der Waals surface area (Å²) in [6, 6.07) is 2.86. The predicted octanol–water partition coefficient (Wildman–Crippen LogP) is 0.606. The van der Waals surface area contributed by atoms with Gasteiger partial charge in [-0.2, -0.15) is 13.4 Å². The van der Waals surface area contributed by atoms with E-state index < -0.39 is 20.8 Å². The zero-order valence-corrected chi connectivity index (χ0v) is 7.52. The minimum Gasteiger partial charge on any atom is -0.506 e. The van der Waals surface area contributed by atoms with Crippen molar-refractivity contribution in [1.29, 1.82) is 0 Å². The molecule has 0 bridgehead atoms. The fraction of sp³-hybridized carbons (Fsp3) is 0. The molecule has 74 valence electrons. The second-order valence-electron chi connectivity index (χ2n) is 2.33. The van der Waals surface area contributed by atoms with E-state index in [-0.39, 0.29) is 5.69 Å². The molecule has 0 saturated heterocycles. The first kappa shape index (κ1) is 10.4. The molecule has 0 aromatic heterocycles. The highest BCUT2D eigenvalue weighted by atomic mass is 32.2. The maximum absolute atomic E-state index is 10.6. The second-order valence-corrected chi connectivity index (χ2v) is 3.75. The number of hydrogen-bond donors (Lipinski definition) is 2. The largest absolute Gasteiger partial charge is 0.506 e. The van der Waals surface area contributed by atoms with Crippen LogP contribution in [-0.2, 0) is 14.9 Å². The highest BCUT2D eigenvalue weighted by Gasteiger charge is 2.11. The van der Waals surface area contributed by atoms with Crippen molar-refractivity contribution in [3.05, 3.63) is 18.2 Å². The van der Waals surface area contributed by atoms with E-state index in [0.29, 0.717) is 0 Å². The molecule has 0 unspecified atom stereocenters. The highest BCUT2D eigenvalue weighted by Crippen LogP contribution is 2.28. The maximum atomic E-state index is 10.6. The number of phenolic OH excluding ortho intramolecular Hbond substituents is 1. The van der Waals surface area contributed by atoms with Crippen molar-refractivity contribution in [2.75, 3.05) is 0 Å². The molecular formula is C7H5NO5S. The van der Waals surface area contributed by atoms with Gasteiger partial charge in [0.05, 0.1) is 4.90 Å². The summed E-state index contributed by atoms with van der Waals surface area (Å²) in [5, 5.41) is 9.14. The summed E-state index contributed by atoms with van der Waals surface area (Å²) in [5.74, 6) is -0.525. The Morgan fingerprint density at radius 1 is 1.36 bits per heavy atom. The Morgan fingerprint density at radius 3 is 2.43 bits per heavy atom. The summed E-state index contributed by atoms with van der Waals surface area (Å²) in [4.78, 5) is 12.5. The first-order valence-electron chi connectivity index (χ1n) is 3.33. The molecule has 0 aliphatic carbocycles. The van der Waals surface area contributed by atoms with Crippen LogP contribution in [-0.4, -0.2) is 24.2 Å². The van der Waals surface area contributed by atoms with E-state index >= 15 is 0 Å². The highest BCUT2D eigenvalue weighted by molar-refractivity contribution is 7.85. The van der Waals surface area contributed by atoms with Crippen LogP contribution >= 0.6 is 0 Å². The van der Waals surface area contributed by atoms with Gasteiger partial charge in [-0.15, -0.1) is 0 Å². The number of benzene rings is 1. The number of nitrogens with zero attached hydrogens (tertiary/aromatic N) is 1. The van der Waals surface area contributed by atoms with Gasteiger partial charge in [-0.1, -0.05) is 0 Å². The quantitative estimate of drug-likeness (QED) is 0.427. The summed E-state index contributed by atoms with van der Waals surface area (Å²) in [6.45, 7) is 0. The number of phenols is 1. The van der Waals surface area contributed by atoms with Crippen molar-refractivity contribution < 1.29 is 22.9 Å². The first-order chi connectivity index (χ1) is 6.45. The number of aliphatic imine (C=N–C) groups is 1. The van der Waals surface area contributed by atoms with Crippen LogP contribution in [0.5, 0.6) is 5.75 Å². The minimum atomic E-state index is -4.36.